The van der Waals surface area contributed by atoms with E-state index >= 15 is 0 Å². The first-order valence-corrected chi connectivity index (χ1v) is 13.9. The average Bonchev–Trinajstić information content (AvgIpc) is 3.15. The van der Waals surface area contributed by atoms with Crippen LogP contribution in [0, 0.1) is 19.8 Å². The van der Waals surface area contributed by atoms with Crippen molar-refractivity contribution in [2.75, 3.05) is 0 Å². The number of hydrogen-bond acceptors (Lipinski definition) is 0. The molecular formula is C26H28Cl2NTi-3. The summed E-state index contributed by atoms with van der Waals surface area (Å²) in [7, 11) is 9.78. The molecule has 30 heavy (non-hydrogen) atoms. The van der Waals surface area contributed by atoms with Crippen LogP contribution in [-0.4, -0.2) is 0 Å². The van der Waals surface area contributed by atoms with Crippen LogP contribution >= 0.6 is 18.6 Å². The van der Waals surface area contributed by atoms with Crippen LogP contribution in [0.15, 0.2) is 84.9 Å². The molecule has 158 valence electrons. The SMILES string of the molecule is [CH2-]C(CC)C1C(c2ccccc2)=Cc2ccccc21.[CH2-]c1ccccc1.[Cl][Ti][Cl].[NH2-]. The van der Waals surface area contributed by atoms with Gasteiger partial charge in [0.25, 0.3) is 0 Å². The summed E-state index contributed by atoms with van der Waals surface area (Å²) in [5.41, 5.74) is 6.61. The van der Waals surface area contributed by atoms with Crippen molar-refractivity contribution in [3.8, 4) is 0 Å². The molecule has 0 saturated heterocycles. The van der Waals surface area contributed by atoms with Crippen molar-refractivity contribution < 1.29 is 17.0 Å². The first kappa shape index (κ1) is 26.6. The van der Waals surface area contributed by atoms with E-state index in [0.717, 1.165) is 12.0 Å². The largest absolute Gasteiger partial charge is 0.693 e. The van der Waals surface area contributed by atoms with Gasteiger partial charge in [0.15, 0.2) is 0 Å². The van der Waals surface area contributed by atoms with Crippen LogP contribution in [0.4, 0.5) is 0 Å². The minimum atomic E-state index is -0.556. The van der Waals surface area contributed by atoms with Crippen LogP contribution in [0.1, 0.15) is 41.5 Å². The van der Waals surface area contributed by atoms with E-state index in [0.29, 0.717) is 11.8 Å². The second-order valence-corrected chi connectivity index (χ2v) is 9.38. The summed E-state index contributed by atoms with van der Waals surface area (Å²) in [4.78, 5) is 0. The van der Waals surface area contributed by atoms with Crippen molar-refractivity contribution >= 4 is 30.3 Å². The number of fused-ring (bicyclic) bond motifs is 1. The molecule has 2 unspecified atom stereocenters. The summed E-state index contributed by atoms with van der Waals surface area (Å²) in [5.74, 6) is 0.860. The summed E-state index contributed by atoms with van der Waals surface area (Å²) in [6.45, 7) is 10.3. The molecule has 0 aromatic heterocycles. The summed E-state index contributed by atoms with van der Waals surface area (Å²) in [6, 6.07) is 29.3. The van der Waals surface area contributed by atoms with Crippen LogP contribution in [0.5, 0.6) is 0 Å². The third-order valence-electron chi connectivity index (χ3n) is 4.92. The molecule has 1 aliphatic carbocycles. The second kappa shape index (κ2) is 14.5. The average molecular weight is 473 g/mol. The molecule has 3 aromatic carbocycles. The third kappa shape index (κ3) is 7.65. The van der Waals surface area contributed by atoms with Gasteiger partial charge in [0.2, 0.25) is 0 Å². The topological polar surface area (TPSA) is 33.5 Å². The van der Waals surface area contributed by atoms with E-state index in [4.69, 9.17) is 18.6 Å². The molecule has 2 N–H and O–H groups in total. The van der Waals surface area contributed by atoms with Crippen LogP contribution in [-0.2, 0) is 17.0 Å². The fraction of sp³-hybridized carbons (Fsp3) is 0.154. The Hall–Kier alpha value is -1.48. The molecule has 2 atom stereocenters. The van der Waals surface area contributed by atoms with Crippen LogP contribution in [0.2, 0.25) is 0 Å². The Morgan fingerprint density at radius 2 is 1.37 bits per heavy atom. The molecule has 0 spiro atoms. The molecule has 0 radical (unpaired) electrons. The van der Waals surface area contributed by atoms with Gasteiger partial charge in [0.1, 0.15) is 0 Å². The van der Waals surface area contributed by atoms with Crippen molar-refractivity contribution in [3.05, 3.63) is 127 Å². The zero-order valence-corrected chi connectivity index (χ0v) is 20.3. The van der Waals surface area contributed by atoms with Crippen molar-refractivity contribution in [1.82, 2.24) is 0 Å². The van der Waals surface area contributed by atoms with Gasteiger partial charge < -0.3 is 13.1 Å². The number of allylic oxidation sites excluding steroid dienone is 1. The molecule has 0 amide bonds. The molecule has 1 nitrogen and oxygen atoms in total. The molecular weight excluding hydrogens is 445 g/mol. The van der Waals surface area contributed by atoms with E-state index in [-0.39, 0.29) is 6.15 Å². The van der Waals surface area contributed by atoms with Gasteiger partial charge in [-0.25, -0.2) is 0 Å². The first-order valence-electron chi connectivity index (χ1n) is 9.64. The molecule has 0 bridgehead atoms. The predicted molar refractivity (Wildman–Crippen MR) is 131 cm³/mol. The summed E-state index contributed by atoms with van der Waals surface area (Å²) in [5, 5.41) is 0. The van der Waals surface area contributed by atoms with Gasteiger partial charge in [-0.05, 0) is 28.2 Å². The number of halogens is 2. The molecule has 1 aliphatic rings. The monoisotopic (exact) mass is 472 g/mol. The van der Waals surface area contributed by atoms with Crippen molar-refractivity contribution in [2.24, 2.45) is 5.92 Å². The van der Waals surface area contributed by atoms with Crippen LogP contribution in [0.25, 0.3) is 17.8 Å². The maximum atomic E-state index is 4.89. The summed E-state index contributed by atoms with van der Waals surface area (Å²) < 4.78 is 0. The Morgan fingerprint density at radius 3 is 1.87 bits per heavy atom. The predicted octanol–water partition coefficient (Wildman–Crippen LogP) is 9.15. The Morgan fingerprint density at radius 1 is 0.867 bits per heavy atom. The maximum Gasteiger partial charge on any atom is -0.693 e. The minimum Gasteiger partial charge on any atom is -0.693 e. The maximum absolute atomic E-state index is 4.89. The number of benzene rings is 3. The molecule has 0 aliphatic heterocycles. The van der Waals surface area contributed by atoms with Crippen LogP contribution in [0.3, 0.4) is 0 Å². The summed E-state index contributed by atoms with van der Waals surface area (Å²) >= 11 is -0.556. The van der Waals surface area contributed by atoms with E-state index in [2.05, 4.69) is 81.4 Å². The van der Waals surface area contributed by atoms with Crippen molar-refractivity contribution in [1.29, 1.82) is 0 Å². The molecule has 0 saturated carbocycles. The second-order valence-electron chi connectivity index (χ2n) is 6.80. The fourth-order valence-electron chi connectivity index (χ4n) is 3.47. The van der Waals surface area contributed by atoms with Crippen molar-refractivity contribution in [2.45, 2.75) is 19.3 Å². The van der Waals surface area contributed by atoms with E-state index < -0.39 is 17.0 Å². The molecule has 4 heteroatoms. The van der Waals surface area contributed by atoms with Gasteiger partial charge in [-0.2, -0.15) is 30.5 Å². The van der Waals surface area contributed by atoms with Gasteiger partial charge >= 0.3 is 35.6 Å². The quantitative estimate of drug-likeness (QED) is 0.269. The number of rotatable bonds is 3. The molecule has 3 aromatic rings. The smallest absolute Gasteiger partial charge is 0.693 e. The van der Waals surface area contributed by atoms with Crippen molar-refractivity contribution in [3.63, 3.8) is 0 Å². The van der Waals surface area contributed by atoms with Gasteiger partial charge in [-0.1, -0.05) is 80.1 Å². The van der Waals surface area contributed by atoms with Gasteiger partial charge in [-0.15, -0.1) is 12.1 Å². The summed E-state index contributed by atoms with van der Waals surface area (Å²) in [6.07, 6.45) is 3.44. The van der Waals surface area contributed by atoms with E-state index in [1.807, 2.05) is 30.3 Å². The Kier molecular flexibility index (Phi) is 12.9. The number of nitrogens with two attached hydrogens (primary N) is 1. The minimum absolute atomic E-state index is 0. The standard InChI is InChI=1S/C19H19.C7H7.2ClH.H2N.Ti/c1-3-14(2)19-17-12-8-7-11-16(17)13-18(19)15-9-5-4-6-10-15;1-7-5-3-2-4-6-7;;;;/h4-14,19H,2-3H2,1H3;2-6H,1H2;2*1H;1H2;/q2*-1;;;-1;+2/p-2. The third-order valence-corrected chi connectivity index (χ3v) is 4.92. The Labute approximate surface area is 198 Å². The number of hydrogen-bond donors (Lipinski definition) is 0. The zero-order valence-electron chi connectivity index (χ0n) is 17.3. The van der Waals surface area contributed by atoms with Crippen LogP contribution < -0.4 is 0 Å². The molecule has 0 fully saturated rings. The van der Waals surface area contributed by atoms with Gasteiger partial charge in [0.05, 0.1) is 0 Å². The zero-order chi connectivity index (χ0) is 21.1. The van der Waals surface area contributed by atoms with E-state index in [9.17, 15) is 0 Å². The van der Waals surface area contributed by atoms with Gasteiger partial charge in [-0.3, -0.25) is 0 Å². The fourth-order valence-corrected chi connectivity index (χ4v) is 3.47. The van der Waals surface area contributed by atoms with E-state index in [1.165, 1.54) is 22.3 Å². The molecule has 4 rings (SSSR count). The Balaban J connectivity index is 0.000000343. The first-order chi connectivity index (χ1) is 14.1. The molecule has 0 heterocycles. The normalized spacial score (nSPS) is 14.4. The van der Waals surface area contributed by atoms with Gasteiger partial charge in [0, 0.05) is 0 Å². The van der Waals surface area contributed by atoms with E-state index in [1.54, 1.807) is 0 Å². The Bertz CT molecular complexity index is 882.